The number of carbonyl (C=O) groups excluding carboxylic acids is 2. The Morgan fingerprint density at radius 1 is 0.935 bits per heavy atom. The van der Waals surface area contributed by atoms with E-state index in [0.29, 0.717) is 51.8 Å². The first kappa shape index (κ1) is 25.0. The van der Waals surface area contributed by atoms with Crippen LogP contribution < -0.4 is 10.2 Å². The Morgan fingerprint density at radius 3 is 2.10 bits per heavy atom. The molecule has 31 heavy (non-hydrogen) atoms. The van der Waals surface area contributed by atoms with E-state index in [1.807, 2.05) is 23.1 Å². The molecule has 0 unspecified atom stereocenters. The second-order valence-electron chi connectivity index (χ2n) is 7.28. The van der Waals surface area contributed by atoms with Crippen LogP contribution in [0.1, 0.15) is 6.92 Å². The van der Waals surface area contributed by atoms with Crippen LogP contribution in [0.25, 0.3) is 0 Å². The van der Waals surface area contributed by atoms with Gasteiger partial charge in [-0.1, -0.05) is 18.2 Å². The van der Waals surface area contributed by atoms with Crippen LogP contribution in [0.4, 0.5) is 10.5 Å². The van der Waals surface area contributed by atoms with Gasteiger partial charge in [0.05, 0.1) is 13.2 Å². The second-order valence-corrected chi connectivity index (χ2v) is 7.28. The maximum Gasteiger partial charge on any atom is 0.409 e. The van der Waals surface area contributed by atoms with Crippen molar-refractivity contribution in [2.45, 2.75) is 6.92 Å². The lowest BCUT2D eigenvalue weighted by Crippen LogP contribution is -2.56. The molecule has 0 saturated carbocycles. The number of para-hydroxylation sites is 1. The molecule has 2 fully saturated rings. The molecule has 2 aliphatic heterocycles. The summed E-state index contributed by atoms with van der Waals surface area (Å²) in [5, 5.41) is 3.18. The fourth-order valence-corrected chi connectivity index (χ4v) is 3.77. The number of piperazine rings is 2. The zero-order valence-corrected chi connectivity index (χ0v) is 20.7. The Bertz CT molecular complexity index is 732. The molecule has 3 rings (SSSR count). The summed E-state index contributed by atoms with van der Waals surface area (Å²) >= 11 is 0. The van der Waals surface area contributed by atoms with Gasteiger partial charge in [0.15, 0.2) is 5.96 Å². The van der Waals surface area contributed by atoms with E-state index in [0.717, 1.165) is 13.1 Å². The van der Waals surface area contributed by atoms with E-state index in [9.17, 15) is 9.59 Å². The number of rotatable bonds is 4. The van der Waals surface area contributed by atoms with Crippen LogP contribution in [-0.2, 0) is 9.53 Å². The summed E-state index contributed by atoms with van der Waals surface area (Å²) in [4.78, 5) is 36.8. The number of halogens is 1. The lowest BCUT2D eigenvalue weighted by molar-refractivity contribution is -0.130. The molecule has 172 valence electrons. The highest BCUT2D eigenvalue weighted by molar-refractivity contribution is 14.0. The summed E-state index contributed by atoms with van der Waals surface area (Å²) in [6.45, 7) is 7.96. The molecule has 1 aromatic rings. The number of nitrogens with one attached hydrogen (secondary N) is 1. The van der Waals surface area contributed by atoms with Crippen molar-refractivity contribution >= 4 is 47.6 Å². The standard InChI is InChI=1S/C21H32N6O3.HI/c1-3-30-21(29)27-15-13-26(14-16-27)20(22-2)23-17-19(28)25-11-9-24(10-12-25)18-7-5-4-6-8-18;/h4-8H,3,9-17H2,1-2H3,(H,22,23);1H. The number of ether oxygens (including phenoxy) is 1. The number of benzene rings is 1. The largest absolute Gasteiger partial charge is 0.450 e. The molecule has 0 radical (unpaired) electrons. The summed E-state index contributed by atoms with van der Waals surface area (Å²) in [5.41, 5.74) is 1.20. The zero-order valence-electron chi connectivity index (χ0n) is 18.3. The molecule has 0 atom stereocenters. The molecule has 1 aromatic carbocycles. The fraction of sp³-hybridized carbons (Fsp3) is 0.571. The Kier molecular flexibility index (Phi) is 10.2. The van der Waals surface area contributed by atoms with Gasteiger partial charge in [-0.05, 0) is 19.1 Å². The highest BCUT2D eigenvalue weighted by Crippen LogP contribution is 2.15. The molecule has 0 aromatic heterocycles. The van der Waals surface area contributed by atoms with E-state index in [1.54, 1.807) is 18.9 Å². The minimum Gasteiger partial charge on any atom is -0.450 e. The number of carbonyl (C=O) groups is 2. The zero-order chi connectivity index (χ0) is 21.3. The Morgan fingerprint density at radius 2 is 1.52 bits per heavy atom. The molecule has 2 aliphatic rings. The summed E-state index contributed by atoms with van der Waals surface area (Å²) in [7, 11) is 1.71. The number of amides is 2. The SMILES string of the molecule is CCOC(=O)N1CCN(C(=NC)NCC(=O)N2CCN(c3ccccc3)CC2)CC1.I. The van der Waals surface area contributed by atoms with Crippen molar-refractivity contribution in [1.82, 2.24) is 20.0 Å². The molecule has 0 aliphatic carbocycles. The van der Waals surface area contributed by atoms with E-state index in [-0.39, 0.29) is 42.5 Å². The van der Waals surface area contributed by atoms with Gasteiger partial charge in [-0.15, -0.1) is 24.0 Å². The first-order chi connectivity index (χ1) is 14.6. The molecule has 10 heteroatoms. The summed E-state index contributed by atoms with van der Waals surface area (Å²) < 4.78 is 5.05. The first-order valence-electron chi connectivity index (χ1n) is 10.6. The van der Waals surface area contributed by atoms with Crippen molar-refractivity contribution in [2.24, 2.45) is 4.99 Å². The third-order valence-corrected chi connectivity index (χ3v) is 5.47. The van der Waals surface area contributed by atoms with Crippen LogP contribution >= 0.6 is 24.0 Å². The van der Waals surface area contributed by atoms with E-state index >= 15 is 0 Å². The van der Waals surface area contributed by atoms with E-state index < -0.39 is 0 Å². The maximum atomic E-state index is 12.7. The van der Waals surface area contributed by atoms with Crippen LogP contribution in [0.5, 0.6) is 0 Å². The molecule has 0 bridgehead atoms. The Balaban J connectivity index is 0.00000341. The monoisotopic (exact) mass is 544 g/mol. The van der Waals surface area contributed by atoms with Crippen molar-refractivity contribution in [2.75, 3.05) is 77.5 Å². The fourth-order valence-electron chi connectivity index (χ4n) is 3.77. The third kappa shape index (κ3) is 6.88. The van der Waals surface area contributed by atoms with Crippen LogP contribution in [-0.4, -0.2) is 105 Å². The van der Waals surface area contributed by atoms with Crippen molar-refractivity contribution < 1.29 is 14.3 Å². The lowest BCUT2D eigenvalue weighted by atomic mass is 10.2. The highest BCUT2D eigenvalue weighted by atomic mass is 127. The molecular formula is C21H33IN6O3. The number of guanidine groups is 1. The Labute approximate surface area is 201 Å². The van der Waals surface area contributed by atoms with Crippen molar-refractivity contribution in [3.05, 3.63) is 30.3 Å². The van der Waals surface area contributed by atoms with Gasteiger partial charge >= 0.3 is 6.09 Å². The normalized spacial score (nSPS) is 17.2. The van der Waals surface area contributed by atoms with Crippen LogP contribution in [0.3, 0.4) is 0 Å². The van der Waals surface area contributed by atoms with Crippen LogP contribution in [0, 0.1) is 0 Å². The van der Waals surface area contributed by atoms with Crippen molar-refractivity contribution in [3.8, 4) is 0 Å². The molecule has 2 saturated heterocycles. The van der Waals surface area contributed by atoms with Crippen LogP contribution in [0.15, 0.2) is 35.3 Å². The van der Waals surface area contributed by atoms with Gasteiger partial charge in [0.25, 0.3) is 0 Å². The van der Waals surface area contributed by atoms with Gasteiger partial charge in [-0.2, -0.15) is 0 Å². The van der Waals surface area contributed by atoms with E-state index in [4.69, 9.17) is 4.74 Å². The van der Waals surface area contributed by atoms with E-state index in [1.165, 1.54) is 5.69 Å². The molecule has 0 spiro atoms. The van der Waals surface area contributed by atoms with Crippen LogP contribution in [0.2, 0.25) is 0 Å². The predicted molar refractivity (Wildman–Crippen MR) is 132 cm³/mol. The van der Waals surface area contributed by atoms with Gasteiger partial charge in [0.2, 0.25) is 5.91 Å². The average molecular weight is 544 g/mol. The van der Waals surface area contributed by atoms with Gasteiger partial charge in [-0.3, -0.25) is 9.79 Å². The second kappa shape index (κ2) is 12.6. The number of hydrogen-bond acceptors (Lipinski definition) is 5. The molecular weight excluding hydrogens is 511 g/mol. The summed E-state index contributed by atoms with van der Waals surface area (Å²) in [5.74, 6) is 0.767. The summed E-state index contributed by atoms with van der Waals surface area (Å²) in [6.07, 6.45) is -0.273. The quantitative estimate of drug-likeness (QED) is 0.350. The lowest BCUT2D eigenvalue weighted by Gasteiger charge is -2.37. The molecule has 1 N–H and O–H groups in total. The Hall–Kier alpha value is -2.24. The van der Waals surface area contributed by atoms with Gasteiger partial charge in [0, 0.05) is 65.1 Å². The van der Waals surface area contributed by atoms with Crippen molar-refractivity contribution in [3.63, 3.8) is 0 Å². The first-order valence-corrected chi connectivity index (χ1v) is 10.6. The average Bonchev–Trinajstić information content (AvgIpc) is 2.80. The van der Waals surface area contributed by atoms with Gasteiger partial charge in [0.1, 0.15) is 0 Å². The minimum atomic E-state index is -0.273. The molecule has 2 amide bonds. The van der Waals surface area contributed by atoms with Gasteiger partial charge < -0.3 is 29.7 Å². The highest BCUT2D eigenvalue weighted by Gasteiger charge is 2.25. The van der Waals surface area contributed by atoms with E-state index in [2.05, 4.69) is 32.2 Å². The number of hydrogen-bond donors (Lipinski definition) is 1. The van der Waals surface area contributed by atoms with Gasteiger partial charge in [-0.25, -0.2) is 4.79 Å². The summed E-state index contributed by atoms with van der Waals surface area (Å²) in [6, 6.07) is 10.3. The topological polar surface area (TPSA) is 80.7 Å². The molecule has 9 nitrogen and oxygen atoms in total. The number of nitrogens with zero attached hydrogens (tertiary/aromatic N) is 5. The maximum absolute atomic E-state index is 12.7. The minimum absolute atomic E-state index is 0. The third-order valence-electron chi connectivity index (χ3n) is 5.47. The predicted octanol–water partition coefficient (Wildman–Crippen LogP) is 1.30. The van der Waals surface area contributed by atoms with Crippen molar-refractivity contribution in [1.29, 1.82) is 0 Å². The number of aliphatic imine (C=N–C) groups is 1. The molecule has 2 heterocycles. The smallest absolute Gasteiger partial charge is 0.409 e. The number of anilines is 1.